The number of hydrogen-bond donors (Lipinski definition) is 0. The smallest absolute Gasteiger partial charge is 0.263 e. The van der Waals surface area contributed by atoms with Gasteiger partial charge in [-0.25, -0.2) is 0 Å². The van der Waals surface area contributed by atoms with E-state index in [-0.39, 0.29) is 12.2 Å². The fourth-order valence-corrected chi connectivity index (χ4v) is 1.41. The summed E-state index contributed by atoms with van der Waals surface area (Å²) in [6.45, 7) is 0. The number of benzene rings is 1. The lowest BCUT2D eigenvalue weighted by atomic mass is 10.1. The molecule has 1 aromatic heterocycles. The molecule has 0 saturated carbocycles. The van der Waals surface area contributed by atoms with Crippen LogP contribution in [-0.2, 0) is 11.2 Å². The molecule has 0 atom stereocenters. The Hall–Kier alpha value is -2.16. The molecule has 2 rings (SSSR count). The molecule has 3 nitrogen and oxygen atoms in total. The first kappa shape index (κ1) is 10.4. The van der Waals surface area contributed by atoms with E-state index >= 15 is 0 Å². The van der Waals surface area contributed by atoms with Gasteiger partial charge in [0.2, 0.25) is 5.78 Å². The van der Waals surface area contributed by atoms with Crippen LogP contribution in [0.25, 0.3) is 0 Å². The second-order valence-electron chi connectivity index (χ2n) is 3.39. The lowest BCUT2D eigenvalue weighted by Gasteiger charge is -1.98. The normalized spacial score (nSPS) is 10.0. The van der Waals surface area contributed by atoms with E-state index in [0.717, 1.165) is 5.56 Å². The molecule has 80 valence electrons. The molecule has 0 aliphatic carbocycles. The fraction of sp³-hybridized carbons (Fsp3) is 0.0769. The number of rotatable bonds is 4. The average Bonchev–Trinajstić information content (AvgIpc) is 2.83. The predicted molar refractivity (Wildman–Crippen MR) is 58.2 cm³/mol. The lowest BCUT2D eigenvalue weighted by molar-refractivity contribution is -0.114. The van der Waals surface area contributed by atoms with E-state index in [0.29, 0.717) is 0 Å². The van der Waals surface area contributed by atoms with Crippen LogP contribution in [0, 0.1) is 0 Å². The van der Waals surface area contributed by atoms with Crippen molar-refractivity contribution in [3.05, 3.63) is 60.1 Å². The molecule has 0 saturated heterocycles. The summed E-state index contributed by atoms with van der Waals surface area (Å²) in [6, 6.07) is 12.2. The largest absolute Gasteiger partial charge is 0.461 e. The van der Waals surface area contributed by atoms with Crippen LogP contribution in [0.15, 0.2) is 53.1 Å². The van der Waals surface area contributed by atoms with Crippen LogP contribution in [0.2, 0.25) is 0 Å². The Morgan fingerprint density at radius 2 is 1.75 bits per heavy atom. The zero-order valence-electron chi connectivity index (χ0n) is 8.55. The SMILES string of the molecule is O=C(Cc1ccccc1)C(=O)c1ccco1. The number of ketones is 2. The Balaban J connectivity index is 2.07. The molecule has 0 aliphatic heterocycles. The number of furan rings is 1. The summed E-state index contributed by atoms with van der Waals surface area (Å²) >= 11 is 0. The van der Waals surface area contributed by atoms with Gasteiger partial charge in [0.05, 0.1) is 6.26 Å². The second kappa shape index (κ2) is 4.57. The molecule has 1 heterocycles. The van der Waals surface area contributed by atoms with E-state index < -0.39 is 11.6 Å². The minimum Gasteiger partial charge on any atom is -0.461 e. The van der Waals surface area contributed by atoms with Gasteiger partial charge in [-0.1, -0.05) is 30.3 Å². The van der Waals surface area contributed by atoms with Crippen LogP contribution in [0.3, 0.4) is 0 Å². The number of carbonyl (C=O) groups is 2. The van der Waals surface area contributed by atoms with Crippen molar-refractivity contribution in [3.63, 3.8) is 0 Å². The van der Waals surface area contributed by atoms with Gasteiger partial charge in [0.1, 0.15) is 0 Å². The molecular formula is C13H10O3. The van der Waals surface area contributed by atoms with Gasteiger partial charge in [-0.2, -0.15) is 0 Å². The lowest BCUT2D eigenvalue weighted by Crippen LogP contribution is -2.15. The summed E-state index contributed by atoms with van der Waals surface area (Å²) < 4.78 is 4.88. The van der Waals surface area contributed by atoms with Gasteiger partial charge in [0.15, 0.2) is 5.76 Å². The van der Waals surface area contributed by atoms with E-state index in [1.165, 1.54) is 12.3 Å². The third-order valence-corrected chi connectivity index (χ3v) is 2.21. The monoisotopic (exact) mass is 214 g/mol. The quantitative estimate of drug-likeness (QED) is 0.579. The van der Waals surface area contributed by atoms with Gasteiger partial charge in [-0.15, -0.1) is 0 Å². The van der Waals surface area contributed by atoms with Crippen LogP contribution in [0.4, 0.5) is 0 Å². The first-order valence-electron chi connectivity index (χ1n) is 4.92. The van der Waals surface area contributed by atoms with Crippen LogP contribution in [0.5, 0.6) is 0 Å². The maximum atomic E-state index is 11.6. The summed E-state index contributed by atoms with van der Waals surface area (Å²) in [5, 5.41) is 0. The second-order valence-corrected chi connectivity index (χ2v) is 3.39. The number of hydrogen-bond acceptors (Lipinski definition) is 3. The molecule has 0 spiro atoms. The van der Waals surface area contributed by atoms with Crippen molar-refractivity contribution >= 4 is 11.6 Å². The van der Waals surface area contributed by atoms with Crippen molar-refractivity contribution in [1.29, 1.82) is 0 Å². The molecule has 0 unspecified atom stereocenters. The third kappa shape index (κ3) is 2.25. The Morgan fingerprint density at radius 1 is 1.00 bits per heavy atom. The van der Waals surface area contributed by atoms with Gasteiger partial charge in [0.25, 0.3) is 5.78 Å². The molecule has 16 heavy (non-hydrogen) atoms. The zero-order valence-corrected chi connectivity index (χ0v) is 8.55. The van der Waals surface area contributed by atoms with E-state index in [1.807, 2.05) is 30.3 Å². The molecule has 0 bridgehead atoms. The van der Waals surface area contributed by atoms with E-state index in [9.17, 15) is 9.59 Å². The highest BCUT2D eigenvalue weighted by molar-refractivity contribution is 6.43. The van der Waals surface area contributed by atoms with E-state index in [4.69, 9.17) is 4.42 Å². The zero-order chi connectivity index (χ0) is 11.4. The Morgan fingerprint density at radius 3 is 2.38 bits per heavy atom. The summed E-state index contributed by atoms with van der Waals surface area (Å²) in [4.78, 5) is 23.2. The summed E-state index contributed by atoms with van der Waals surface area (Å²) in [5.41, 5.74) is 0.826. The first-order chi connectivity index (χ1) is 7.77. The molecule has 0 fully saturated rings. The fourth-order valence-electron chi connectivity index (χ4n) is 1.41. The van der Waals surface area contributed by atoms with Crippen LogP contribution in [0.1, 0.15) is 16.1 Å². The minimum absolute atomic E-state index is 0.0981. The molecule has 3 heteroatoms. The highest BCUT2D eigenvalue weighted by Gasteiger charge is 2.18. The molecule has 2 aromatic rings. The standard InChI is InChI=1S/C13H10O3/c14-11(9-10-5-2-1-3-6-10)13(15)12-7-4-8-16-12/h1-8H,9H2. The van der Waals surface area contributed by atoms with Crippen molar-refractivity contribution < 1.29 is 14.0 Å². The van der Waals surface area contributed by atoms with Crippen LogP contribution >= 0.6 is 0 Å². The Kier molecular flexibility index (Phi) is 2.96. The average molecular weight is 214 g/mol. The highest BCUT2D eigenvalue weighted by atomic mass is 16.3. The Labute approximate surface area is 92.7 Å². The number of Topliss-reactive ketones (excluding diaryl/α,β-unsaturated/α-hetero) is 2. The van der Waals surface area contributed by atoms with Crippen LogP contribution in [-0.4, -0.2) is 11.6 Å². The van der Waals surface area contributed by atoms with Gasteiger partial charge >= 0.3 is 0 Å². The predicted octanol–water partition coefficient (Wildman–Crippen LogP) is 2.27. The van der Waals surface area contributed by atoms with Gasteiger partial charge in [-0.3, -0.25) is 9.59 Å². The van der Waals surface area contributed by atoms with Crippen molar-refractivity contribution in [2.24, 2.45) is 0 Å². The van der Waals surface area contributed by atoms with Gasteiger partial charge in [0, 0.05) is 6.42 Å². The molecular weight excluding hydrogens is 204 g/mol. The van der Waals surface area contributed by atoms with Crippen molar-refractivity contribution in [2.75, 3.05) is 0 Å². The van der Waals surface area contributed by atoms with Gasteiger partial charge < -0.3 is 4.42 Å². The topological polar surface area (TPSA) is 47.3 Å². The first-order valence-corrected chi connectivity index (χ1v) is 4.92. The molecule has 0 amide bonds. The van der Waals surface area contributed by atoms with Crippen molar-refractivity contribution in [2.45, 2.75) is 6.42 Å². The van der Waals surface area contributed by atoms with E-state index in [1.54, 1.807) is 6.07 Å². The van der Waals surface area contributed by atoms with Crippen LogP contribution < -0.4 is 0 Å². The Bertz CT molecular complexity index is 483. The van der Waals surface area contributed by atoms with Gasteiger partial charge in [-0.05, 0) is 17.7 Å². The summed E-state index contributed by atoms with van der Waals surface area (Å²) in [7, 11) is 0. The molecule has 1 aromatic carbocycles. The summed E-state index contributed by atoms with van der Waals surface area (Å²) in [6.07, 6.45) is 1.49. The van der Waals surface area contributed by atoms with Crippen molar-refractivity contribution in [3.8, 4) is 0 Å². The minimum atomic E-state index is -0.575. The molecule has 0 radical (unpaired) electrons. The highest BCUT2D eigenvalue weighted by Crippen LogP contribution is 2.06. The number of carbonyl (C=O) groups excluding carboxylic acids is 2. The summed E-state index contributed by atoms with van der Waals surface area (Å²) in [5.74, 6) is -0.934. The maximum Gasteiger partial charge on any atom is 0.263 e. The maximum absolute atomic E-state index is 11.6. The van der Waals surface area contributed by atoms with E-state index in [2.05, 4.69) is 0 Å². The third-order valence-electron chi connectivity index (χ3n) is 2.21. The molecule has 0 aliphatic rings. The molecule has 0 N–H and O–H groups in total. The van der Waals surface area contributed by atoms with Crippen molar-refractivity contribution in [1.82, 2.24) is 0 Å².